The normalized spacial score (nSPS) is 10.9. The molecule has 0 aliphatic rings. The molecule has 0 bridgehead atoms. The second kappa shape index (κ2) is 6.06. The number of nitrogens with zero attached hydrogens (tertiary/aromatic N) is 1. The van der Waals surface area contributed by atoms with Gasteiger partial charge in [0.15, 0.2) is 0 Å². The van der Waals surface area contributed by atoms with E-state index >= 15 is 0 Å². The molecule has 2 rings (SSSR count). The number of hydrogen-bond acceptors (Lipinski definition) is 5. The van der Waals surface area contributed by atoms with Crippen LogP contribution in [0, 0.1) is 0 Å². The highest BCUT2D eigenvalue weighted by Crippen LogP contribution is 2.20. The lowest BCUT2D eigenvalue weighted by molar-refractivity contribution is 0.398. The Labute approximate surface area is 128 Å². The van der Waals surface area contributed by atoms with E-state index in [1.165, 1.54) is 19.4 Å². The number of rotatable bonds is 5. The molecule has 2 aromatic rings. The molecular weight excluding hydrogens is 310 g/mol. The molecule has 0 atom stereocenters. The molecule has 0 aliphatic heterocycles. The number of thiocarbonyl (C=S) groups is 1. The Bertz CT molecular complexity index is 758. The van der Waals surface area contributed by atoms with Crippen molar-refractivity contribution < 1.29 is 13.2 Å². The first kappa shape index (κ1) is 15.2. The van der Waals surface area contributed by atoms with Gasteiger partial charge in [-0.25, -0.2) is 13.4 Å². The average molecular weight is 323 g/mol. The number of nitrogens with two attached hydrogens (primary N) is 1. The first-order valence-corrected chi connectivity index (χ1v) is 7.75. The number of nitrogens with one attached hydrogen (secondary N) is 1. The Kier molecular flexibility index (Phi) is 4.39. The summed E-state index contributed by atoms with van der Waals surface area (Å²) in [6.45, 7) is 0. The Morgan fingerprint density at radius 3 is 2.57 bits per heavy atom. The minimum Gasteiger partial charge on any atom is -0.481 e. The minimum atomic E-state index is -3.81. The molecule has 8 heteroatoms. The van der Waals surface area contributed by atoms with Gasteiger partial charge in [0.25, 0.3) is 10.0 Å². The lowest BCUT2D eigenvalue weighted by Crippen LogP contribution is -2.19. The number of pyridine rings is 1. The zero-order chi connectivity index (χ0) is 15.5. The zero-order valence-electron chi connectivity index (χ0n) is 11.1. The molecule has 0 saturated carbocycles. The van der Waals surface area contributed by atoms with Crippen molar-refractivity contribution in [1.82, 2.24) is 4.98 Å². The Hall–Kier alpha value is -2.19. The van der Waals surface area contributed by atoms with Crippen molar-refractivity contribution in [2.45, 2.75) is 4.90 Å². The first-order valence-electron chi connectivity index (χ1n) is 5.86. The topological polar surface area (TPSA) is 94.3 Å². The average Bonchev–Trinajstić information content (AvgIpc) is 2.47. The molecule has 6 nitrogen and oxygen atoms in total. The van der Waals surface area contributed by atoms with Gasteiger partial charge in [-0.15, -0.1) is 0 Å². The van der Waals surface area contributed by atoms with Crippen LogP contribution in [0.2, 0.25) is 0 Å². The summed E-state index contributed by atoms with van der Waals surface area (Å²) >= 11 is 4.87. The SMILES string of the molecule is COc1ccc(NS(=O)(=O)c2ccccc2C(N)=S)cn1. The van der Waals surface area contributed by atoms with Crippen LogP contribution in [0.15, 0.2) is 47.5 Å². The molecule has 1 aromatic heterocycles. The largest absolute Gasteiger partial charge is 0.481 e. The number of hydrogen-bond donors (Lipinski definition) is 2. The number of aromatic nitrogens is 1. The van der Waals surface area contributed by atoms with Gasteiger partial charge in [-0.3, -0.25) is 4.72 Å². The van der Waals surface area contributed by atoms with E-state index in [1.807, 2.05) is 0 Å². The lowest BCUT2D eigenvalue weighted by Gasteiger charge is -2.11. The van der Waals surface area contributed by atoms with Crippen molar-refractivity contribution in [3.05, 3.63) is 48.2 Å². The van der Waals surface area contributed by atoms with Crippen LogP contribution >= 0.6 is 12.2 Å². The summed E-state index contributed by atoms with van der Waals surface area (Å²) in [4.78, 5) is 3.97. The second-order valence-corrected chi connectivity index (χ2v) is 6.15. The minimum absolute atomic E-state index is 0.0174. The number of methoxy groups -OCH3 is 1. The van der Waals surface area contributed by atoms with Crippen molar-refractivity contribution in [3.8, 4) is 5.88 Å². The van der Waals surface area contributed by atoms with Crippen molar-refractivity contribution in [2.24, 2.45) is 5.73 Å². The van der Waals surface area contributed by atoms with Gasteiger partial charge in [0.2, 0.25) is 5.88 Å². The van der Waals surface area contributed by atoms with Gasteiger partial charge in [0.1, 0.15) is 4.99 Å². The van der Waals surface area contributed by atoms with E-state index in [9.17, 15) is 8.42 Å². The number of benzene rings is 1. The van der Waals surface area contributed by atoms with Gasteiger partial charge in [0, 0.05) is 11.6 Å². The molecule has 0 aliphatic carbocycles. The Balaban J connectivity index is 2.36. The van der Waals surface area contributed by atoms with E-state index in [0.717, 1.165) is 0 Å². The van der Waals surface area contributed by atoms with Crippen LogP contribution in [0.1, 0.15) is 5.56 Å². The third-order valence-electron chi connectivity index (χ3n) is 2.64. The Morgan fingerprint density at radius 1 is 1.29 bits per heavy atom. The summed E-state index contributed by atoms with van der Waals surface area (Å²) in [7, 11) is -2.33. The van der Waals surface area contributed by atoms with Gasteiger partial charge >= 0.3 is 0 Å². The van der Waals surface area contributed by atoms with E-state index in [4.69, 9.17) is 22.7 Å². The van der Waals surface area contributed by atoms with Crippen molar-refractivity contribution in [2.75, 3.05) is 11.8 Å². The molecule has 3 N–H and O–H groups in total. The van der Waals surface area contributed by atoms with Gasteiger partial charge in [-0.1, -0.05) is 30.4 Å². The fraction of sp³-hybridized carbons (Fsp3) is 0.0769. The first-order chi connectivity index (χ1) is 9.94. The summed E-state index contributed by atoms with van der Waals surface area (Å²) in [5.74, 6) is 0.390. The summed E-state index contributed by atoms with van der Waals surface area (Å²) in [5.41, 5.74) is 6.16. The number of anilines is 1. The van der Waals surface area contributed by atoms with E-state index in [1.54, 1.807) is 30.3 Å². The molecule has 0 radical (unpaired) electrons. The van der Waals surface area contributed by atoms with Gasteiger partial charge < -0.3 is 10.5 Å². The van der Waals surface area contributed by atoms with Gasteiger partial charge in [-0.2, -0.15) is 0 Å². The summed E-state index contributed by atoms with van der Waals surface area (Å²) < 4.78 is 32.1. The quantitative estimate of drug-likeness (QED) is 0.810. The van der Waals surface area contributed by atoms with Crippen LogP contribution in [-0.4, -0.2) is 25.5 Å². The highest BCUT2D eigenvalue weighted by atomic mass is 32.2. The standard InChI is InChI=1S/C13H13N3O3S2/c1-19-12-7-6-9(8-15-12)16-21(17,18)11-5-3-2-4-10(11)13(14)20/h2-8,16H,1H3,(H2,14,20). The van der Waals surface area contributed by atoms with E-state index in [2.05, 4.69) is 9.71 Å². The molecule has 0 amide bonds. The molecule has 0 fully saturated rings. The lowest BCUT2D eigenvalue weighted by atomic mass is 10.2. The monoisotopic (exact) mass is 323 g/mol. The van der Waals surface area contributed by atoms with E-state index < -0.39 is 10.0 Å². The van der Waals surface area contributed by atoms with Crippen LogP contribution in [0.3, 0.4) is 0 Å². The summed E-state index contributed by atoms with van der Waals surface area (Å²) in [6.07, 6.45) is 1.36. The van der Waals surface area contributed by atoms with Crippen LogP contribution in [-0.2, 0) is 10.0 Å². The predicted octanol–water partition coefficient (Wildman–Crippen LogP) is 1.53. The highest BCUT2D eigenvalue weighted by molar-refractivity contribution is 7.93. The predicted molar refractivity (Wildman–Crippen MR) is 83.9 cm³/mol. The molecule has 1 heterocycles. The van der Waals surface area contributed by atoms with E-state index in [-0.39, 0.29) is 9.88 Å². The van der Waals surface area contributed by atoms with E-state index in [0.29, 0.717) is 17.1 Å². The van der Waals surface area contributed by atoms with Gasteiger partial charge in [0.05, 0.1) is 23.9 Å². The number of sulfonamides is 1. The van der Waals surface area contributed by atoms with Crippen molar-refractivity contribution >= 4 is 32.9 Å². The fourth-order valence-corrected chi connectivity index (χ4v) is 3.18. The molecule has 0 unspecified atom stereocenters. The highest BCUT2D eigenvalue weighted by Gasteiger charge is 2.19. The van der Waals surface area contributed by atoms with Crippen LogP contribution in [0.4, 0.5) is 5.69 Å². The molecule has 110 valence electrons. The van der Waals surface area contributed by atoms with Crippen LogP contribution in [0.5, 0.6) is 5.88 Å². The molecule has 1 aromatic carbocycles. The summed E-state index contributed by atoms with van der Waals surface area (Å²) in [5, 5.41) is 0. The third-order valence-corrected chi connectivity index (χ3v) is 4.30. The molecular formula is C13H13N3O3S2. The zero-order valence-corrected chi connectivity index (χ0v) is 12.7. The maximum atomic E-state index is 12.4. The fourth-order valence-electron chi connectivity index (χ4n) is 1.68. The van der Waals surface area contributed by atoms with Crippen LogP contribution in [0.25, 0.3) is 0 Å². The van der Waals surface area contributed by atoms with Crippen LogP contribution < -0.4 is 15.2 Å². The maximum Gasteiger partial charge on any atom is 0.262 e. The smallest absolute Gasteiger partial charge is 0.262 e. The summed E-state index contributed by atoms with van der Waals surface area (Å²) in [6, 6.07) is 9.37. The Morgan fingerprint density at radius 2 is 2.00 bits per heavy atom. The molecule has 0 saturated heterocycles. The molecule has 0 spiro atoms. The van der Waals surface area contributed by atoms with Crippen molar-refractivity contribution in [1.29, 1.82) is 0 Å². The number of ether oxygens (including phenoxy) is 1. The second-order valence-electron chi connectivity index (χ2n) is 4.06. The third kappa shape index (κ3) is 3.47. The van der Waals surface area contributed by atoms with Gasteiger partial charge in [-0.05, 0) is 12.1 Å². The van der Waals surface area contributed by atoms with Crippen molar-refractivity contribution in [3.63, 3.8) is 0 Å². The maximum absolute atomic E-state index is 12.4. The molecule has 21 heavy (non-hydrogen) atoms.